The lowest BCUT2D eigenvalue weighted by molar-refractivity contribution is 0.0973. The van der Waals surface area contributed by atoms with E-state index in [9.17, 15) is 14.4 Å². The van der Waals surface area contributed by atoms with Crippen molar-refractivity contribution in [2.24, 2.45) is 0 Å². The fourth-order valence-corrected chi connectivity index (χ4v) is 2.72. The first-order valence-corrected chi connectivity index (χ1v) is 6.56. The molecule has 1 aliphatic rings. The van der Waals surface area contributed by atoms with Gasteiger partial charge in [0.2, 0.25) is 0 Å². The molecule has 0 spiro atoms. The first-order valence-electron chi connectivity index (χ1n) is 6.56. The summed E-state index contributed by atoms with van der Waals surface area (Å²) in [6.07, 6.45) is 0.569. The predicted octanol–water partition coefficient (Wildman–Crippen LogP) is 2.29. The second-order valence-corrected chi connectivity index (χ2v) is 4.77. The van der Waals surface area contributed by atoms with Gasteiger partial charge in [-0.3, -0.25) is 14.4 Å². The molecule has 110 valence electrons. The molecule has 0 N–H and O–H groups in total. The molecule has 22 heavy (non-hydrogen) atoms. The number of ketones is 2. The number of fused-ring (bicyclic) bond motifs is 2. The summed E-state index contributed by atoms with van der Waals surface area (Å²) in [4.78, 5) is 36.7. The summed E-state index contributed by atoms with van der Waals surface area (Å²) in [5, 5.41) is 0. The molecule has 0 radical (unpaired) electrons. The highest BCUT2D eigenvalue weighted by Gasteiger charge is 2.36. The molecule has 0 saturated carbocycles. The Bertz CT molecular complexity index is 820. The third-order valence-electron chi connectivity index (χ3n) is 3.69. The topological polar surface area (TPSA) is 69.7 Å². The second-order valence-electron chi connectivity index (χ2n) is 4.77. The van der Waals surface area contributed by atoms with Crippen molar-refractivity contribution in [1.29, 1.82) is 0 Å². The highest BCUT2D eigenvalue weighted by atomic mass is 16.5. The number of carbonyl (C=O) groups excluding carboxylic acids is 3. The molecule has 0 amide bonds. The first-order chi connectivity index (χ1) is 10.6. The summed E-state index contributed by atoms with van der Waals surface area (Å²) >= 11 is 0. The van der Waals surface area contributed by atoms with Crippen LogP contribution < -0.4 is 9.47 Å². The lowest BCUT2D eigenvalue weighted by Crippen LogP contribution is -2.23. The zero-order chi connectivity index (χ0) is 15.9. The van der Waals surface area contributed by atoms with Crippen LogP contribution in [0.15, 0.2) is 30.3 Å². The lowest BCUT2D eigenvalue weighted by Gasteiger charge is -2.22. The number of hydrogen-bond donors (Lipinski definition) is 0. The fraction of sp³-hybridized carbons (Fsp3) is 0.118. The van der Waals surface area contributed by atoms with E-state index in [1.807, 2.05) is 0 Å². The summed E-state index contributed by atoms with van der Waals surface area (Å²) in [5.41, 5.74) is 0.988. The van der Waals surface area contributed by atoms with Gasteiger partial charge in [0.15, 0.2) is 17.9 Å². The van der Waals surface area contributed by atoms with Gasteiger partial charge in [-0.05, 0) is 6.07 Å². The van der Waals surface area contributed by atoms with Crippen molar-refractivity contribution in [3.63, 3.8) is 0 Å². The van der Waals surface area contributed by atoms with E-state index in [4.69, 9.17) is 9.47 Å². The average Bonchev–Trinajstić information content (AvgIpc) is 2.57. The van der Waals surface area contributed by atoms with Crippen molar-refractivity contribution in [2.75, 3.05) is 14.2 Å². The summed E-state index contributed by atoms with van der Waals surface area (Å²) in [6.45, 7) is 0. The predicted molar refractivity (Wildman–Crippen MR) is 78.2 cm³/mol. The van der Waals surface area contributed by atoms with Crippen LogP contribution in [0.5, 0.6) is 11.5 Å². The van der Waals surface area contributed by atoms with E-state index < -0.39 is 0 Å². The Morgan fingerprint density at radius 1 is 0.909 bits per heavy atom. The third-order valence-corrected chi connectivity index (χ3v) is 3.69. The first kappa shape index (κ1) is 14.0. The quantitative estimate of drug-likeness (QED) is 0.694. The van der Waals surface area contributed by atoms with E-state index in [1.54, 1.807) is 24.3 Å². The van der Waals surface area contributed by atoms with Crippen molar-refractivity contribution in [3.05, 3.63) is 58.1 Å². The van der Waals surface area contributed by atoms with Crippen LogP contribution in [0.1, 0.15) is 42.2 Å². The van der Waals surface area contributed by atoms with Gasteiger partial charge >= 0.3 is 0 Å². The van der Waals surface area contributed by atoms with Crippen molar-refractivity contribution in [3.8, 4) is 11.5 Å². The van der Waals surface area contributed by atoms with Gasteiger partial charge in [0.25, 0.3) is 0 Å². The van der Waals surface area contributed by atoms with Crippen molar-refractivity contribution in [1.82, 2.24) is 0 Å². The van der Waals surface area contributed by atoms with Crippen molar-refractivity contribution in [2.45, 2.75) is 0 Å². The maximum Gasteiger partial charge on any atom is 0.198 e. The molecule has 0 heterocycles. The van der Waals surface area contributed by atoms with E-state index in [-0.39, 0.29) is 39.8 Å². The monoisotopic (exact) mass is 296 g/mol. The molecule has 0 bridgehead atoms. The van der Waals surface area contributed by atoms with Crippen LogP contribution in [0.2, 0.25) is 0 Å². The van der Waals surface area contributed by atoms with Crippen molar-refractivity contribution < 1.29 is 23.9 Å². The standard InChI is InChI=1S/C17H12O5/c1-21-12-7-9(8-18)17(22-2)14-13(12)15(19)10-5-3-4-6-11(10)16(14)20/h3-8H,1-2H3. The molecule has 1 aliphatic carbocycles. The van der Waals surface area contributed by atoms with Gasteiger partial charge in [-0.2, -0.15) is 0 Å². The van der Waals surface area contributed by atoms with Gasteiger partial charge in [-0.15, -0.1) is 0 Å². The largest absolute Gasteiger partial charge is 0.496 e. The number of rotatable bonds is 3. The number of ether oxygens (including phenoxy) is 2. The van der Waals surface area contributed by atoms with Crippen LogP contribution in [0.4, 0.5) is 0 Å². The Kier molecular flexibility index (Phi) is 3.25. The second kappa shape index (κ2) is 5.11. The zero-order valence-corrected chi connectivity index (χ0v) is 12.0. The van der Waals surface area contributed by atoms with Gasteiger partial charge in [0, 0.05) is 11.1 Å². The van der Waals surface area contributed by atoms with Gasteiger partial charge in [-0.25, -0.2) is 0 Å². The van der Waals surface area contributed by atoms with Crippen LogP contribution in [0.3, 0.4) is 0 Å². The van der Waals surface area contributed by atoms with E-state index >= 15 is 0 Å². The van der Waals surface area contributed by atoms with Crippen LogP contribution in [-0.2, 0) is 0 Å². The molecule has 0 unspecified atom stereocenters. The molecule has 0 atom stereocenters. The molecule has 2 aromatic rings. The highest BCUT2D eigenvalue weighted by Crippen LogP contribution is 2.40. The van der Waals surface area contributed by atoms with Crippen LogP contribution in [-0.4, -0.2) is 32.1 Å². The number of aldehydes is 1. The van der Waals surface area contributed by atoms with Crippen LogP contribution in [0.25, 0.3) is 0 Å². The smallest absolute Gasteiger partial charge is 0.198 e. The maximum atomic E-state index is 12.8. The SMILES string of the molecule is COc1cc(C=O)c(OC)c2c1C(=O)c1ccccc1C2=O. The molecule has 2 aromatic carbocycles. The van der Waals surface area contributed by atoms with E-state index in [0.717, 1.165) is 0 Å². The Labute approximate surface area is 126 Å². The van der Waals surface area contributed by atoms with E-state index in [2.05, 4.69) is 0 Å². The summed E-state index contributed by atoms with van der Waals surface area (Å²) in [6, 6.07) is 7.96. The van der Waals surface area contributed by atoms with Gasteiger partial charge in [-0.1, -0.05) is 24.3 Å². The highest BCUT2D eigenvalue weighted by molar-refractivity contribution is 6.30. The van der Waals surface area contributed by atoms with Crippen molar-refractivity contribution >= 4 is 17.9 Å². The number of methoxy groups -OCH3 is 2. The van der Waals surface area contributed by atoms with Gasteiger partial charge in [0.05, 0.1) is 30.9 Å². The van der Waals surface area contributed by atoms with E-state index in [1.165, 1.54) is 20.3 Å². The van der Waals surface area contributed by atoms with Gasteiger partial charge < -0.3 is 9.47 Å². The molecule has 0 aliphatic heterocycles. The Morgan fingerprint density at radius 3 is 2.00 bits per heavy atom. The minimum absolute atomic E-state index is 0.0765. The molecule has 0 fully saturated rings. The zero-order valence-electron chi connectivity index (χ0n) is 12.0. The lowest BCUT2D eigenvalue weighted by atomic mass is 9.82. The van der Waals surface area contributed by atoms with Crippen LogP contribution >= 0.6 is 0 Å². The molecular formula is C17H12O5. The maximum absolute atomic E-state index is 12.8. The summed E-state index contributed by atoms with van der Waals surface area (Å²) in [5.74, 6) is -0.397. The number of hydrogen-bond acceptors (Lipinski definition) is 5. The summed E-state index contributed by atoms with van der Waals surface area (Å²) < 4.78 is 10.4. The number of benzene rings is 2. The van der Waals surface area contributed by atoms with Crippen LogP contribution in [0, 0.1) is 0 Å². The Balaban J connectivity index is 2.43. The van der Waals surface area contributed by atoms with Gasteiger partial charge in [0.1, 0.15) is 11.5 Å². The van der Waals surface area contributed by atoms with E-state index in [0.29, 0.717) is 17.4 Å². The Morgan fingerprint density at radius 2 is 1.50 bits per heavy atom. The average molecular weight is 296 g/mol. The fourth-order valence-electron chi connectivity index (χ4n) is 2.72. The molecular weight excluding hydrogens is 284 g/mol. The Hall–Kier alpha value is -2.95. The molecule has 5 heteroatoms. The third kappa shape index (κ3) is 1.75. The molecule has 0 saturated heterocycles. The molecule has 5 nitrogen and oxygen atoms in total. The number of carbonyl (C=O) groups is 3. The minimum Gasteiger partial charge on any atom is -0.496 e. The molecule has 3 rings (SSSR count). The summed E-state index contributed by atoms with van der Waals surface area (Å²) in [7, 11) is 2.74. The normalized spacial score (nSPS) is 12.5. The molecule has 0 aromatic heterocycles. The minimum atomic E-state index is -0.357.